The molecule has 2 N–H and O–H groups in total. The Labute approximate surface area is 124 Å². The summed E-state index contributed by atoms with van der Waals surface area (Å²) in [7, 11) is 0. The molecule has 1 aromatic carbocycles. The molecule has 2 unspecified atom stereocenters. The molecule has 4 rings (SSSR count). The maximum atomic E-state index is 14.6. The monoisotopic (exact) mass is 285 g/mol. The largest absolute Gasteiger partial charge is 0.398 e. The summed E-state index contributed by atoms with van der Waals surface area (Å²) in [6.07, 6.45) is 7.91. The van der Waals surface area contributed by atoms with E-state index in [4.69, 9.17) is 5.73 Å². The number of anilines is 2. The lowest BCUT2D eigenvalue weighted by Gasteiger charge is -2.33. The highest BCUT2D eigenvalue weighted by Crippen LogP contribution is 2.42. The van der Waals surface area contributed by atoms with Gasteiger partial charge >= 0.3 is 0 Å². The average Bonchev–Trinajstić information content (AvgIpc) is 2.92. The fourth-order valence-electron chi connectivity index (χ4n) is 4.18. The lowest BCUT2D eigenvalue weighted by Crippen LogP contribution is -2.35. The second-order valence-electron chi connectivity index (χ2n) is 6.29. The fraction of sp³-hybridized carbons (Fsp3) is 0.471. The van der Waals surface area contributed by atoms with Gasteiger partial charge in [0.15, 0.2) is 5.82 Å². The van der Waals surface area contributed by atoms with Gasteiger partial charge in [0.25, 0.3) is 0 Å². The molecule has 1 saturated heterocycles. The Morgan fingerprint density at radius 1 is 1.24 bits per heavy atom. The number of aromatic nitrogens is 1. The predicted octanol–water partition coefficient (Wildman–Crippen LogP) is 3.73. The number of fused-ring (bicyclic) bond motifs is 2. The highest BCUT2D eigenvalue weighted by molar-refractivity contribution is 5.99. The van der Waals surface area contributed by atoms with E-state index >= 15 is 0 Å². The van der Waals surface area contributed by atoms with Crippen LogP contribution in [0.5, 0.6) is 0 Å². The zero-order valence-electron chi connectivity index (χ0n) is 12.1. The van der Waals surface area contributed by atoms with Crippen LogP contribution in [0, 0.1) is 11.7 Å². The molecule has 1 aliphatic heterocycles. The van der Waals surface area contributed by atoms with Crippen molar-refractivity contribution in [3.8, 4) is 0 Å². The summed E-state index contributed by atoms with van der Waals surface area (Å²) in [5.41, 5.74) is 7.80. The molecular weight excluding hydrogens is 265 g/mol. The summed E-state index contributed by atoms with van der Waals surface area (Å²) >= 11 is 0. The predicted molar refractivity (Wildman–Crippen MR) is 83.8 cm³/mol. The standard InChI is InChI=1S/C17H20FN3/c18-13-10-14(19)12-5-3-8-20-16(12)17(13)21-9-7-11-4-1-2-6-15(11)21/h3,5,8,10-11,15H,1-2,4,6-7,9,19H2. The van der Waals surface area contributed by atoms with Crippen LogP contribution in [0.3, 0.4) is 0 Å². The number of benzene rings is 1. The van der Waals surface area contributed by atoms with Gasteiger partial charge in [-0.25, -0.2) is 4.39 Å². The number of nitrogen functional groups attached to an aromatic ring is 1. The van der Waals surface area contributed by atoms with E-state index in [1.807, 2.05) is 12.1 Å². The fourth-order valence-corrected chi connectivity index (χ4v) is 4.18. The Hall–Kier alpha value is -1.84. The first-order valence-corrected chi connectivity index (χ1v) is 7.85. The highest BCUT2D eigenvalue weighted by Gasteiger charge is 2.37. The number of hydrogen-bond acceptors (Lipinski definition) is 3. The quantitative estimate of drug-likeness (QED) is 0.812. The van der Waals surface area contributed by atoms with Crippen molar-refractivity contribution in [1.29, 1.82) is 0 Å². The van der Waals surface area contributed by atoms with Gasteiger partial charge < -0.3 is 10.6 Å². The average molecular weight is 285 g/mol. The summed E-state index contributed by atoms with van der Waals surface area (Å²) in [4.78, 5) is 6.68. The Kier molecular flexibility index (Phi) is 2.98. The van der Waals surface area contributed by atoms with E-state index in [0.717, 1.165) is 17.8 Å². The van der Waals surface area contributed by atoms with Crippen LogP contribution in [0.2, 0.25) is 0 Å². The normalized spacial score (nSPS) is 25.3. The molecule has 0 radical (unpaired) electrons. The van der Waals surface area contributed by atoms with E-state index in [9.17, 15) is 4.39 Å². The van der Waals surface area contributed by atoms with Gasteiger partial charge in [-0.3, -0.25) is 4.98 Å². The first-order chi connectivity index (χ1) is 10.3. The summed E-state index contributed by atoms with van der Waals surface area (Å²) in [6, 6.07) is 5.71. The second kappa shape index (κ2) is 4.86. The van der Waals surface area contributed by atoms with Crippen molar-refractivity contribution < 1.29 is 4.39 Å². The van der Waals surface area contributed by atoms with Crippen LogP contribution >= 0.6 is 0 Å². The molecule has 110 valence electrons. The smallest absolute Gasteiger partial charge is 0.150 e. The van der Waals surface area contributed by atoms with Gasteiger partial charge in [-0.05, 0) is 43.4 Å². The molecule has 0 spiro atoms. The van der Waals surface area contributed by atoms with Crippen molar-refractivity contribution in [2.24, 2.45) is 5.92 Å². The van der Waals surface area contributed by atoms with Crippen molar-refractivity contribution in [1.82, 2.24) is 4.98 Å². The van der Waals surface area contributed by atoms with E-state index in [1.165, 1.54) is 38.2 Å². The number of hydrogen-bond donors (Lipinski definition) is 1. The molecule has 4 heteroatoms. The zero-order chi connectivity index (χ0) is 14.4. The highest BCUT2D eigenvalue weighted by atomic mass is 19.1. The van der Waals surface area contributed by atoms with Crippen LogP contribution in [0.15, 0.2) is 24.4 Å². The van der Waals surface area contributed by atoms with Gasteiger partial charge in [0, 0.05) is 29.9 Å². The molecule has 2 heterocycles. The zero-order valence-corrected chi connectivity index (χ0v) is 12.1. The SMILES string of the molecule is Nc1cc(F)c(N2CCC3CCCCC32)c2ncccc12. The maximum absolute atomic E-state index is 14.6. The molecule has 2 aliphatic rings. The van der Waals surface area contributed by atoms with Crippen molar-refractivity contribution in [3.05, 3.63) is 30.2 Å². The number of nitrogens with two attached hydrogens (primary N) is 1. The molecule has 2 fully saturated rings. The number of halogens is 1. The number of nitrogens with zero attached hydrogens (tertiary/aromatic N) is 2. The Bertz CT molecular complexity index is 685. The minimum Gasteiger partial charge on any atom is -0.398 e. The van der Waals surface area contributed by atoms with Crippen molar-refractivity contribution in [2.75, 3.05) is 17.2 Å². The molecular formula is C17H20FN3. The van der Waals surface area contributed by atoms with Crippen molar-refractivity contribution >= 4 is 22.3 Å². The summed E-state index contributed by atoms with van der Waals surface area (Å²) in [5, 5.41) is 0.855. The second-order valence-corrected chi connectivity index (χ2v) is 6.29. The molecule has 2 aromatic rings. The first kappa shape index (κ1) is 12.9. The Balaban J connectivity index is 1.86. The minimum absolute atomic E-state index is 0.232. The molecule has 0 bridgehead atoms. The van der Waals surface area contributed by atoms with Crippen LogP contribution in [-0.4, -0.2) is 17.6 Å². The molecule has 3 nitrogen and oxygen atoms in total. The lowest BCUT2D eigenvalue weighted by atomic mass is 9.85. The molecule has 1 aromatic heterocycles. The summed E-state index contributed by atoms with van der Waals surface area (Å²) in [6.45, 7) is 0.932. The third kappa shape index (κ3) is 1.96. The van der Waals surface area contributed by atoms with Gasteiger partial charge in [0.1, 0.15) is 5.69 Å². The lowest BCUT2D eigenvalue weighted by molar-refractivity contribution is 0.341. The third-order valence-corrected chi connectivity index (χ3v) is 5.15. The topological polar surface area (TPSA) is 42.1 Å². The van der Waals surface area contributed by atoms with Gasteiger partial charge in [-0.1, -0.05) is 12.8 Å². The molecule has 1 aliphatic carbocycles. The van der Waals surface area contributed by atoms with E-state index in [-0.39, 0.29) is 5.82 Å². The summed E-state index contributed by atoms with van der Waals surface area (Å²) < 4.78 is 14.6. The molecule has 21 heavy (non-hydrogen) atoms. The van der Waals surface area contributed by atoms with Crippen LogP contribution < -0.4 is 10.6 Å². The number of rotatable bonds is 1. The molecule has 1 saturated carbocycles. The van der Waals surface area contributed by atoms with Crippen molar-refractivity contribution in [3.63, 3.8) is 0 Å². The van der Waals surface area contributed by atoms with Gasteiger partial charge in [-0.15, -0.1) is 0 Å². The van der Waals surface area contributed by atoms with Crippen LogP contribution in [0.1, 0.15) is 32.1 Å². The van der Waals surface area contributed by atoms with Gasteiger partial charge in [-0.2, -0.15) is 0 Å². The van der Waals surface area contributed by atoms with Crippen LogP contribution in [-0.2, 0) is 0 Å². The summed E-state index contributed by atoms with van der Waals surface area (Å²) in [5.74, 6) is 0.486. The van der Waals surface area contributed by atoms with E-state index in [2.05, 4.69) is 9.88 Å². The molecule has 2 atom stereocenters. The first-order valence-electron chi connectivity index (χ1n) is 7.85. The van der Waals surface area contributed by atoms with Crippen LogP contribution in [0.25, 0.3) is 10.9 Å². The Morgan fingerprint density at radius 2 is 2.10 bits per heavy atom. The molecule has 0 amide bonds. The minimum atomic E-state index is -0.232. The van der Waals surface area contributed by atoms with E-state index < -0.39 is 0 Å². The Morgan fingerprint density at radius 3 is 3.00 bits per heavy atom. The maximum Gasteiger partial charge on any atom is 0.150 e. The van der Waals surface area contributed by atoms with Crippen LogP contribution in [0.4, 0.5) is 15.8 Å². The van der Waals surface area contributed by atoms with Crippen molar-refractivity contribution in [2.45, 2.75) is 38.1 Å². The van der Waals surface area contributed by atoms with E-state index in [1.54, 1.807) is 6.20 Å². The third-order valence-electron chi connectivity index (χ3n) is 5.15. The van der Waals surface area contributed by atoms with Gasteiger partial charge in [0.2, 0.25) is 0 Å². The van der Waals surface area contributed by atoms with Gasteiger partial charge in [0.05, 0.1) is 5.52 Å². The number of pyridine rings is 1. The van der Waals surface area contributed by atoms with E-state index in [0.29, 0.717) is 22.9 Å².